The van der Waals surface area contributed by atoms with Crippen LogP contribution in [0.2, 0.25) is 0 Å². The first-order valence-corrected chi connectivity index (χ1v) is 16.3. The Morgan fingerprint density at radius 3 is 2.55 bits per heavy atom. The number of aliphatic hydroxyl groups is 3. The zero-order chi connectivity index (χ0) is 30.3. The zero-order valence-electron chi connectivity index (χ0n) is 25.7. The predicted octanol–water partition coefficient (Wildman–Crippen LogP) is 2.59. The number of nitrogens with one attached hydrogen (secondary N) is 3. The van der Waals surface area contributed by atoms with Crippen molar-refractivity contribution in [2.45, 2.75) is 151 Å². The van der Waals surface area contributed by atoms with E-state index in [1.54, 1.807) is 0 Å². The van der Waals surface area contributed by atoms with Gasteiger partial charge in [0, 0.05) is 30.2 Å². The fourth-order valence-corrected chi connectivity index (χ4v) is 7.68. The van der Waals surface area contributed by atoms with Crippen LogP contribution in [0.25, 0.3) is 0 Å². The van der Waals surface area contributed by atoms with Gasteiger partial charge in [0.1, 0.15) is 0 Å². The van der Waals surface area contributed by atoms with Crippen molar-refractivity contribution in [3.63, 3.8) is 0 Å². The van der Waals surface area contributed by atoms with Crippen LogP contribution in [0.15, 0.2) is 24.3 Å². The molecule has 2 fully saturated rings. The Kier molecular flexibility index (Phi) is 11.8. The standard InChI is InChI=1S/C33H56N4O5/c1-22-28(38)12-11-26(36-22)17-29(39)25-10-5-3-4-6-13-33(42,20-31(40)41)21-35-32(2)18-27(37-30(34)19-32)16-24-9-7-8-23(14-24)15-25/h7-9,14,22,25-30,35-39,42H,3-6,10-13,15-21,34H2,1-2H3,(H,40,41). The van der Waals surface area contributed by atoms with Crippen molar-refractivity contribution in [2.24, 2.45) is 11.7 Å². The van der Waals surface area contributed by atoms with Gasteiger partial charge in [-0.25, -0.2) is 0 Å². The van der Waals surface area contributed by atoms with E-state index in [0.717, 1.165) is 64.2 Å². The zero-order valence-corrected chi connectivity index (χ0v) is 25.7. The minimum absolute atomic E-state index is 0.0382. The number of rotatable bonds is 5. The molecule has 42 heavy (non-hydrogen) atoms. The monoisotopic (exact) mass is 588 g/mol. The summed E-state index contributed by atoms with van der Waals surface area (Å²) in [6, 6.07) is 9.11. The number of carboxylic acid groups (broad SMARTS) is 1. The molecule has 9 atom stereocenters. The molecule has 0 spiro atoms. The van der Waals surface area contributed by atoms with Crippen molar-refractivity contribution in [2.75, 3.05) is 6.54 Å². The van der Waals surface area contributed by atoms with Gasteiger partial charge in [-0.05, 0) is 88.7 Å². The molecule has 9 N–H and O–H groups in total. The van der Waals surface area contributed by atoms with E-state index < -0.39 is 17.7 Å². The highest BCUT2D eigenvalue weighted by Crippen LogP contribution is 2.30. The molecule has 4 bridgehead atoms. The van der Waals surface area contributed by atoms with Gasteiger partial charge in [0.2, 0.25) is 0 Å². The molecule has 0 amide bonds. The summed E-state index contributed by atoms with van der Waals surface area (Å²) in [6.07, 6.45) is 9.18. The molecular formula is C33H56N4O5. The van der Waals surface area contributed by atoms with Crippen LogP contribution in [0.1, 0.15) is 102 Å². The lowest BCUT2D eigenvalue weighted by Crippen LogP contribution is -2.63. The third-order valence-corrected chi connectivity index (χ3v) is 10.0. The minimum Gasteiger partial charge on any atom is -0.481 e. The summed E-state index contributed by atoms with van der Waals surface area (Å²) in [5.41, 5.74) is 7.30. The maximum absolute atomic E-state index is 11.7. The van der Waals surface area contributed by atoms with Gasteiger partial charge in [-0.1, -0.05) is 49.9 Å². The molecule has 1 aromatic carbocycles. The van der Waals surface area contributed by atoms with Crippen LogP contribution in [0.4, 0.5) is 0 Å². The number of fused-ring (bicyclic) bond motifs is 4. The molecule has 4 rings (SSSR count). The molecule has 9 nitrogen and oxygen atoms in total. The second-order valence-electron chi connectivity index (χ2n) is 14.1. The van der Waals surface area contributed by atoms with Crippen molar-refractivity contribution < 1.29 is 25.2 Å². The predicted molar refractivity (Wildman–Crippen MR) is 165 cm³/mol. The number of aliphatic carboxylic acids is 1. The summed E-state index contributed by atoms with van der Waals surface area (Å²) < 4.78 is 0. The van der Waals surface area contributed by atoms with Gasteiger partial charge in [0.25, 0.3) is 0 Å². The van der Waals surface area contributed by atoms with Gasteiger partial charge in [-0.3, -0.25) is 10.1 Å². The number of benzene rings is 1. The molecule has 0 saturated carbocycles. The third kappa shape index (κ3) is 9.97. The average Bonchev–Trinajstić information content (AvgIpc) is 2.90. The summed E-state index contributed by atoms with van der Waals surface area (Å²) in [7, 11) is 0. The highest BCUT2D eigenvalue weighted by molar-refractivity contribution is 5.68. The van der Waals surface area contributed by atoms with Gasteiger partial charge >= 0.3 is 5.97 Å². The first-order chi connectivity index (χ1) is 19.9. The molecule has 1 aromatic rings. The molecule has 0 radical (unpaired) electrons. The lowest BCUT2D eigenvalue weighted by molar-refractivity contribution is -0.143. The first-order valence-electron chi connectivity index (χ1n) is 16.3. The van der Waals surface area contributed by atoms with E-state index in [1.807, 2.05) is 6.92 Å². The largest absolute Gasteiger partial charge is 0.481 e. The molecule has 238 valence electrons. The number of nitrogens with two attached hydrogens (primary N) is 1. The van der Waals surface area contributed by atoms with Gasteiger partial charge in [0.15, 0.2) is 0 Å². The highest BCUT2D eigenvalue weighted by atomic mass is 16.4. The number of β-amino-alcohol motifs (C(OH)–C–C–N with tert-alkyl or cyclic N) is 1. The lowest BCUT2D eigenvalue weighted by atomic mass is 9.80. The Hall–Kier alpha value is -1.59. The SMILES string of the molecule is CC1NC(CC(O)C2CCCCCCC(O)(CC(=O)O)CNC3(C)CC(N)NC(Cc4cccc(c4)C2)C3)CCC1O. The summed E-state index contributed by atoms with van der Waals surface area (Å²) in [4.78, 5) is 11.7. The van der Waals surface area contributed by atoms with Crippen molar-refractivity contribution in [1.82, 2.24) is 16.0 Å². The first kappa shape index (κ1) is 33.3. The maximum atomic E-state index is 11.7. The molecule has 0 aliphatic carbocycles. The summed E-state index contributed by atoms with van der Waals surface area (Å²) >= 11 is 0. The molecule has 2 saturated heterocycles. The van der Waals surface area contributed by atoms with Crippen LogP contribution in [0.5, 0.6) is 0 Å². The summed E-state index contributed by atoms with van der Waals surface area (Å²) in [6.45, 7) is 4.37. The molecule has 9 heteroatoms. The number of hydrogen-bond acceptors (Lipinski definition) is 8. The highest BCUT2D eigenvalue weighted by Gasteiger charge is 2.39. The average molecular weight is 589 g/mol. The summed E-state index contributed by atoms with van der Waals surface area (Å²) in [5.74, 6) is -0.861. The van der Waals surface area contributed by atoms with Crippen molar-refractivity contribution >= 4 is 5.97 Å². The Balaban J connectivity index is 1.51. The Bertz CT molecular complexity index is 1010. The minimum atomic E-state index is -1.31. The second-order valence-corrected chi connectivity index (χ2v) is 14.1. The summed E-state index contributed by atoms with van der Waals surface area (Å²) in [5, 5.41) is 53.1. The quantitative estimate of drug-likeness (QED) is 0.259. The molecule has 0 aromatic heterocycles. The van der Waals surface area contributed by atoms with Crippen LogP contribution >= 0.6 is 0 Å². The third-order valence-electron chi connectivity index (χ3n) is 10.0. The fourth-order valence-electron chi connectivity index (χ4n) is 7.68. The van der Waals surface area contributed by atoms with Gasteiger partial charge in [-0.2, -0.15) is 0 Å². The second kappa shape index (κ2) is 14.9. The van der Waals surface area contributed by atoms with Crippen molar-refractivity contribution in [1.29, 1.82) is 0 Å². The van der Waals surface area contributed by atoms with Crippen LogP contribution < -0.4 is 21.7 Å². The van der Waals surface area contributed by atoms with E-state index in [1.165, 1.54) is 11.1 Å². The topological polar surface area (TPSA) is 160 Å². The van der Waals surface area contributed by atoms with Crippen LogP contribution in [-0.2, 0) is 17.6 Å². The Morgan fingerprint density at radius 2 is 1.81 bits per heavy atom. The lowest BCUT2D eigenvalue weighted by Gasteiger charge is -2.44. The van der Waals surface area contributed by atoms with E-state index in [0.29, 0.717) is 19.3 Å². The number of carbonyl (C=O) groups is 1. The molecule has 9 unspecified atom stereocenters. The Morgan fingerprint density at radius 1 is 1.07 bits per heavy atom. The number of carboxylic acids is 1. The number of hydrogen-bond donors (Lipinski definition) is 8. The Labute approximate surface area is 252 Å². The van der Waals surface area contributed by atoms with E-state index in [2.05, 4.69) is 47.1 Å². The maximum Gasteiger partial charge on any atom is 0.306 e. The van der Waals surface area contributed by atoms with Crippen molar-refractivity contribution in [3.05, 3.63) is 35.4 Å². The van der Waals surface area contributed by atoms with Crippen LogP contribution in [-0.4, -0.2) is 80.6 Å². The van der Waals surface area contributed by atoms with E-state index in [4.69, 9.17) is 5.73 Å². The van der Waals surface area contributed by atoms with E-state index in [9.17, 15) is 25.2 Å². The van der Waals surface area contributed by atoms with Crippen LogP contribution in [0.3, 0.4) is 0 Å². The van der Waals surface area contributed by atoms with Crippen molar-refractivity contribution in [3.8, 4) is 0 Å². The van der Waals surface area contributed by atoms with Gasteiger partial charge in [0.05, 0.1) is 30.4 Å². The normalized spacial score (nSPS) is 38.1. The van der Waals surface area contributed by atoms with E-state index in [-0.39, 0.29) is 54.8 Å². The molecule has 3 aliphatic heterocycles. The number of aliphatic hydroxyl groups excluding tert-OH is 2. The smallest absolute Gasteiger partial charge is 0.306 e. The fraction of sp³-hybridized carbons (Fsp3) is 0.788. The molecule has 3 aliphatic rings. The molecule has 3 heterocycles. The van der Waals surface area contributed by atoms with Gasteiger partial charge in [-0.15, -0.1) is 0 Å². The van der Waals surface area contributed by atoms with Gasteiger partial charge < -0.3 is 36.8 Å². The van der Waals surface area contributed by atoms with Crippen LogP contribution in [0, 0.1) is 5.92 Å². The van der Waals surface area contributed by atoms with E-state index >= 15 is 0 Å². The molecular weight excluding hydrogens is 532 g/mol. The number of piperidine rings is 2.